The molecule has 1 fully saturated rings. The largest absolute Gasteiger partial charge is 0.311 e. The molecule has 2 aromatic carbocycles. The Balaban J connectivity index is 1.79. The van der Waals surface area contributed by atoms with Gasteiger partial charge in [-0.15, -0.1) is 0 Å². The Hall–Kier alpha value is -2.60. The molecule has 0 aliphatic carbocycles. The van der Waals surface area contributed by atoms with E-state index in [1.807, 2.05) is 36.4 Å². The van der Waals surface area contributed by atoms with Crippen molar-refractivity contribution in [2.24, 2.45) is 0 Å². The summed E-state index contributed by atoms with van der Waals surface area (Å²) in [6.45, 7) is 0.195. The topological polar surface area (TPSA) is 57.7 Å². The Kier molecular flexibility index (Phi) is 4.66. The SMILES string of the molecule is CN(C(=O)c1cccc(CN2C(=O)CSC2=O)c1)c1ccccc1. The van der Waals surface area contributed by atoms with Crippen LogP contribution in [0.4, 0.5) is 10.5 Å². The van der Waals surface area contributed by atoms with E-state index < -0.39 is 0 Å². The first kappa shape index (κ1) is 16.3. The van der Waals surface area contributed by atoms with Gasteiger partial charge in [-0.2, -0.15) is 0 Å². The molecule has 1 aliphatic rings. The number of imide groups is 1. The second-order valence-electron chi connectivity index (χ2n) is 5.43. The van der Waals surface area contributed by atoms with Crippen molar-refractivity contribution in [2.75, 3.05) is 17.7 Å². The smallest absolute Gasteiger partial charge is 0.289 e. The number of rotatable bonds is 4. The zero-order chi connectivity index (χ0) is 17.1. The summed E-state index contributed by atoms with van der Waals surface area (Å²) in [7, 11) is 1.72. The zero-order valence-electron chi connectivity index (χ0n) is 13.1. The molecule has 1 aliphatic heterocycles. The number of carbonyl (C=O) groups is 3. The minimum Gasteiger partial charge on any atom is -0.311 e. The summed E-state index contributed by atoms with van der Waals surface area (Å²) in [6.07, 6.45) is 0. The van der Waals surface area contributed by atoms with E-state index >= 15 is 0 Å². The standard InChI is InChI=1S/C18H16N2O3S/c1-19(15-8-3-2-4-9-15)17(22)14-7-5-6-13(10-14)11-20-16(21)12-24-18(20)23/h2-10H,11-12H2,1H3. The van der Waals surface area contributed by atoms with Gasteiger partial charge in [-0.25, -0.2) is 0 Å². The average molecular weight is 340 g/mol. The van der Waals surface area contributed by atoms with Crippen molar-refractivity contribution < 1.29 is 14.4 Å². The van der Waals surface area contributed by atoms with Crippen LogP contribution in [0.25, 0.3) is 0 Å². The molecule has 122 valence electrons. The lowest BCUT2D eigenvalue weighted by Gasteiger charge is -2.18. The maximum absolute atomic E-state index is 12.6. The van der Waals surface area contributed by atoms with Crippen LogP contribution in [-0.4, -0.2) is 34.8 Å². The van der Waals surface area contributed by atoms with E-state index in [1.165, 1.54) is 4.90 Å². The van der Waals surface area contributed by atoms with Gasteiger partial charge in [-0.05, 0) is 29.8 Å². The van der Waals surface area contributed by atoms with Crippen LogP contribution < -0.4 is 4.90 Å². The van der Waals surface area contributed by atoms with E-state index in [1.54, 1.807) is 30.1 Å². The van der Waals surface area contributed by atoms with Crippen LogP contribution in [0.3, 0.4) is 0 Å². The lowest BCUT2D eigenvalue weighted by atomic mass is 10.1. The highest BCUT2D eigenvalue weighted by Crippen LogP contribution is 2.22. The highest BCUT2D eigenvalue weighted by atomic mass is 32.2. The van der Waals surface area contributed by atoms with E-state index in [9.17, 15) is 14.4 Å². The van der Waals surface area contributed by atoms with Gasteiger partial charge in [0.15, 0.2) is 0 Å². The van der Waals surface area contributed by atoms with Gasteiger partial charge in [-0.3, -0.25) is 19.3 Å². The molecule has 0 spiro atoms. The molecule has 24 heavy (non-hydrogen) atoms. The van der Waals surface area contributed by atoms with Gasteiger partial charge in [0.25, 0.3) is 11.1 Å². The summed E-state index contributed by atoms with van der Waals surface area (Å²) in [4.78, 5) is 38.8. The van der Waals surface area contributed by atoms with Crippen LogP contribution in [0.5, 0.6) is 0 Å². The number of benzene rings is 2. The van der Waals surface area contributed by atoms with Crippen LogP contribution in [0, 0.1) is 0 Å². The van der Waals surface area contributed by atoms with E-state index in [2.05, 4.69) is 0 Å². The Bertz CT molecular complexity index is 776. The molecule has 5 nitrogen and oxygen atoms in total. The van der Waals surface area contributed by atoms with Gasteiger partial charge < -0.3 is 4.90 Å². The molecular weight excluding hydrogens is 324 g/mol. The number of nitrogens with zero attached hydrogens (tertiary/aromatic N) is 2. The van der Waals surface area contributed by atoms with Gasteiger partial charge in [0.1, 0.15) is 0 Å². The molecule has 1 heterocycles. The second-order valence-corrected chi connectivity index (χ2v) is 6.36. The number of hydrogen-bond acceptors (Lipinski definition) is 4. The Morgan fingerprint density at radius 2 is 1.88 bits per heavy atom. The fraction of sp³-hybridized carbons (Fsp3) is 0.167. The molecule has 0 aromatic heterocycles. The molecule has 2 aromatic rings. The van der Waals surface area contributed by atoms with E-state index in [0.29, 0.717) is 5.56 Å². The lowest BCUT2D eigenvalue weighted by Crippen LogP contribution is -2.28. The maximum atomic E-state index is 12.6. The molecule has 0 saturated carbocycles. The number of para-hydroxylation sites is 1. The Labute approximate surface area is 144 Å². The van der Waals surface area contributed by atoms with Crippen molar-refractivity contribution in [1.82, 2.24) is 4.90 Å². The first-order chi connectivity index (χ1) is 11.6. The predicted octanol–water partition coefficient (Wildman–Crippen LogP) is 3.16. The first-order valence-electron chi connectivity index (χ1n) is 7.45. The molecule has 0 N–H and O–H groups in total. The van der Waals surface area contributed by atoms with Crippen LogP contribution in [0.2, 0.25) is 0 Å². The van der Waals surface area contributed by atoms with Crippen molar-refractivity contribution in [2.45, 2.75) is 6.54 Å². The van der Waals surface area contributed by atoms with Crippen molar-refractivity contribution in [1.29, 1.82) is 0 Å². The summed E-state index contributed by atoms with van der Waals surface area (Å²) in [5.41, 5.74) is 2.08. The van der Waals surface area contributed by atoms with Crippen LogP contribution in [-0.2, 0) is 11.3 Å². The van der Waals surface area contributed by atoms with Crippen LogP contribution in [0.1, 0.15) is 15.9 Å². The summed E-state index contributed by atoms with van der Waals surface area (Å²) >= 11 is 1.01. The van der Waals surface area contributed by atoms with Crippen molar-refractivity contribution in [3.8, 4) is 0 Å². The Morgan fingerprint density at radius 3 is 2.54 bits per heavy atom. The highest BCUT2D eigenvalue weighted by Gasteiger charge is 2.29. The molecule has 1 saturated heterocycles. The van der Waals surface area contributed by atoms with Crippen molar-refractivity contribution in [3.63, 3.8) is 0 Å². The molecule has 3 rings (SSSR count). The molecular formula is C18H16N2O3S. The molecule has 0 radical (unpaired) electrons. The summed E-state index contributed by atoms with van der Waals surface area (Å²) in [5, 5.41) is -0.238. The van der Waals surface area contributed by atoms with E-state index in [0.717, 1.165) is 23.0 Å². The van der Waals surface area contributed by atoms with E-state index in [-0.39, 0.29) is 29.4 Å². The lowest BCUT2D eigenvalue weighted by molar-refractivity contribution is -0.125. The third-order valence-electron chi connectivity index (χ3n) is 3.80. The number of thioether (sulfide) groups is 1. The number of hydrogen-bond donors (Lipinski definition) is 0. The van der Waals surface area contributed by atoms with Gasteiger partial charge >= 0.3 is 0 Å². The number of anilines is 1. The van der Waals surface area contributed by atoms with Crippen molar-refractivity contribution >= 4 is 34.5 Å². The third-order valence-corrected chi connectivity index (χ3v) is 4.66. The van der Waals surface area contributed by atoms with Gasteiger partial charge in [-0.1, -0.05) is 42.1 Å². The highest BCUT2D eigenvalue weighted by molar-refractivity contribution is 8.14. The fourth-order valence-electron chi connectivity index (χ4n) is 2.48. The van der Waals surface area contributed by atoms with Crippen molar-refractivity contribution in [3.05, 3.63) is 65.7 Å². The molecule has 0 bridgehead atoms. The minimum absolute atomic E-state index is 0.142. The van der Waals surface area contributed by atoms with Crippen LogP contribution >= 0.6 is 11.8 Å². The van der Waals surface area contributed by atoms with Gasteiger partial charge in [0, 0.05) is 18.3 Å². The summed E-state index contributed by atoms with van der Waals surface area (Å²) in [5.74, 6) is -0.145. The molecule has 0 unspecified atom stereocenters. The average Bonchev–Trinajstić information content (AvgIpc) is 2.93. The summed E-state index contributed by atoms with van der Waals surface area (Å²) in [6, 6.07) is 16.4. The number of amides is 3. The molecule has 6 heteroatoms. The van der Waals surface area contributed by atoms with Gasteiger partial charge in [0.05, 0.1) is 12.3 Å². The molecule has 0 atom stereocenters. The molecule has 3 amide bonds. The second kappa shape index (κ2) is 6.88. The normalized spacial score (nSPS) is 14.1. The Morgan fingerprint density at radius 1 is 1.12 bits per heavy atom. The predicted molar refractivity (Wildman–Crippen MR) is 94.0 cm³/mol. The first-order valence-corrected chi connectivity index (χ1v) is 8.44. The minimum atomic E-state index is -0.238. The monoisotopic (exact) mass is 340 g/mol. The third kappa shape index (κ3) is 3.33. The zero-order valence-corrected chi connectivity index (χ0v) is 14.0. The number of carbonyl (C=O) groups excluding carboxylic acids is 3. The van der Waals surface area contributed by atoms with E-state index in [4.69, 9.17) is 0 Å². The fourth-order valence-corrected chi connectivity index (χ4v) is 3.21. The maximum Gasteiger partial charge on any atom is 0.289 e. The quantitative estimate of drug-likeness (QED) is 0.858. The van der Waals surface area contributed by atoms with Gasteiger partial charge in [0.2, 0.25) is 5.91 Å². The van der Waals surface area contributed by atoms with Crippen LogP contribution in [0.15, 0.2) is 54.6 Å². The summed E-state index contributed by atoms with van der Waals surface area (Å²) < 4.78 is 0.